The average molecular weight is 346 g/mol. The van der Waals surface area contributed by atoms with Gasteiger partial charge < -0.3 is 0 Å². The first-order chi connectivity index (χ1) is 11.7. The van der Waals surface area contributed by atoms with Crippen molar-refractivity contribution >= 4 is 23.2 Å². The first-order valence-corrected chi connectivity index (χ1v) is 10.3. The summed E-state index contributed by atoms with van der Waals surface area (Å²) in [4.78, 5) is 31.6. The quantitative estimate of drug-likeness (QED) is 0.762. The normalized spacial score (nSPS) is 24.9. The van der Waals surface area contributed by atoms with E-state index in [4.69, 9.17) is 4.98 Å². The summed E-state index contributed by atoms with van der Waals surface area (Å²) in [5.74, 6) is 0.667. The molecule has 1 aromatic heterocycles. The lowest BCUT2D eigenvalue weighted by atomic mass is 9.73. The van der Waals surface area contributed by atoms with Crippen LogP contribution in [0.2, 0.25) is 0 Å². The molecule has 0 bridgehead atoms. The fourth-order valence-electron chi connectivity index (χ4n) is 4.73. The van der Waals surface area contributed by atoms with Crippen molar-refractivity contribution in [2.24, 2.45) is 5.41 Å². The lowest BCUT2D eigenvalue weighted by Gasteiger charge is -2.30. The Labute approximate surface area is 147 Å². The van der Waals surface area contributed by atoms with Crippen molar-refractivity contribution in [1.82, 2.24) is 9.88 Å². The number of carbonyl (C=O) groups is 2. The predicted octanol–water partition coefficient (Wildman–Crippen LogP) is 4.40. The minimum absolute atomic E-state index is 0.00844. The van der Waals surface area contributed by atoms with Crippen LogP contribution >= 0.6 is 11.3 Å². The maximum atomic E-state index is 12.9. The van der Waals surface area contributed by atoms with E-state index in [2.05, 4.69) is 5.38 Å². The number of amides is 2. The average Bonchev–Trinajstić information content (AvgIpc) is 3.16. The maximum absolute atomic E-state index is 12.9. The van der Waals surface area contributed by atoms with E-state index in [1.165, 1.54) is 48.4 Å². The van der Waals surface area contributed by atoms with Crippen LogP contribution in [0.15, 0.2) is 5.38 Å². The zero-order valence-corrected chi connectivity index (χ0v) is 15.1. The SMILES string of the molecule is O=C1CC2(CCCCC2)C(=O)N1Cc1csc(C2CCCCC2)n1. The van der Waals surface area contributed by atoms with Crippen LogP contribution in [0.5, 0.6) is 0 Å². The molecular weight excluding hydrogens is 320 g/mol. The van der Waals surface area contributed by atoms with Crippen molar-refractivity contribution in [3.05, 3.63) is 16.1 Å². The summed E-state index contributed by atoms with van der Waals surface area (Å²) in [6.07, 6.45) is 12.0. The molecule has 2 amide bonds. The van der Waals surface area contributed by atoms with Gasteiger partial charge in [-0.2, -0.15) is 0 Å². The van der Waals surface area contributed by atoms with Crippen molar-refractivity contribution < 1.29 is 9.59 Å². The van der Waals surface area contributed by atoms with Gasteiger partial charge in [-0.05, 0) is 25.7 Å². The summed E-state index contributed by atoms with van der Waals surface area (Å²) in [7, 11) is 0. The molecule has 1 aliphatic heterocycles. The highest BCUT2D eigenvalue weighted by molar-refractivity contribution is 7.09. The van der Waals surface area contributed by atoms with Gasteiger partial charge in [-0.15, -0.1) is 11.3 Å². The lowest BCUT2D eigenvalue weighted by Crippen LogP contribution is -2.36. The van der Waals surface area contributed by atoms with Crippen LogP contribution in [0, 0.1) is 5.41 Å². The Bertz CT molecular complexity index is 627. The Morgan fingerprint density at radius 3 is 2.54 bits per heavy atom. The standard InChI is InChI=1S/C19H26N2O2S/c22-16-11-19(9-5-2-6-10-19)18(23)21(16)12-15-13-24-17(20-15)14-7-3-1-4-8-14/h13-14H,1-12H2. The molecule has 4 nitrogen and oxygen atoms in total. The molecule has 130 valence electrons. The first kappa shape index (κ1) is 16.2. The number of imide groups is 1. The van der Waals surface area contributed by atoms with Crippen LogP contribution in [-0.2, 0) is 16.1 Å². The van der Waals surface area contributed by atoms with Crippen molar-refractivity contribution in [3.63, 3.8) is 0 Å². The van der Waals surface area contributed by atoms with E-state index >= 15 is 0 Å². The van der Waals surface area contributed by atoms with Gasteiger partial charge in [0.25, 0.3) is 0 Å². The second kappa shape index (κ2) is 6.58. The molecule has 2 saturated carbocycles. The molecule has 1 saturated heterocycles. The van der Waals surface area contributed by atoms with E-state index in [0.717, 1.165) is 31.4 Å². The van der Waals surface area contributed by atoms with Gasteiger partial charge in [-0.1, -0.05) is 38.5 Å². The van der Waals surface area contributed by atoms with Gasteiger partial charge in [0, 0.05) is 17.7 Å². The van der Waals surface area contributed by atoms with E-state index in [1.54, 1.807) is 11.3 Å². The molecule has 0 aromatic carbocycles. The van der Waals surface area contributed by atoms with Gasteiger partial charge in [-0.3, -0.25) is 14.5 Å². The summed E-state index contributed by atoms with van der Waals surface area (Å²) >= 11 is 1.71. The molecular formula is C19H26N2O2S. The topological polar surface area (TPSA) is 50.3 Å². The Hall–Kier alpha value is -1.23. The van der Waals surface area contributed by atoms with Crippen LogP contribution in [0.3, 0.4) is 0 Å². The van der Waals surface area contributed by atoms with Gasteiger partial charge in [-0.25, -0.2) is 4.98 Å². The van der Waals surface area contributed by atoms with E-state index in [0.29, 0.717) is 18.9 Å². The maximum Gasteiger partial charge on any atom is 0.236 e. The molecule has 1 spiro atoms. The fourth-order valence-corrected chi connectivity index (χ4v) is 5.72. The lowest BCUT2D eigenvalue weighted by molar-refractivity contribution is -0.143. The molecule has 2 aliphatic carbocycles. The molecule has 4 rings (SSSR count). The van der Waals surface area contributed by atoms with Crippen LogP contribution in [0.1, 0.15) is 87.2 Å². The molecule has 3 aliphatic rings. The highest BCUT2D eigenvalue weighted by atomic mass is 32.1. The van der Waals surface area contributed by atoms with Gasteiger partial charge >= 0.3 is 0 Å². The van der Waals surface area contributed by atoms with Gasteiger partial charge in [0.05, 0.1) is 22.7 Å². The summed E-state index contributed by atoms with van der Waals surface area (Å²) in [6.45, 7) is 0.378. The number of nitrogens with zero attached hydrogens (tertiary/aromatic N) is 2. The van der Waals surface area contributed by atoms with Crippen molar-refractivity contribution in [3.8, 4) is 0 Å². The number of hydrogen-bond donors (Lipinski definition) is 0. The number of likely N-dealkylation sites (tertiary alicyclic amines) is 1. The molecule has 2 heterocycles. The Morgan fingerprint density at radius 2 is 1.79 bits per heavy atom. The number of aromatic nitrogens is 1. The van der Waals surface area contributed by atoms with E-state index in [-0.39, 0.29) is 17.2 Å². The molecule has 24 heavy (non-hydrogen) atoms. The minimum atomic E-state index is -0.377. The third-order valence-electron chi connectivity index (χ3n) is 6.14. The Kier molecular flexibility index (Phi) is 4.46. The Morgan fingerprint density at radius 1 is 1.08 bits per heavy atom. The van der Waals surface area contributed by atoms with Gasteiger partial charge in [0.2, 0.25) is 11.8 Å². The number of thiazole rings is 1. The molecule has 3 fully saturated rings. The smallest absolute Gasteiger partial charge is 0.236 e. The van der Waals surface area contributed by atoms with E-state index in [1.807, 2.05) is 0 Å². The molecule has 1 aromatic rings. The number of hydrogen-bond acceptors (Lipinski definition) is 4. The summed E-state index contributed by atoms with van der Waals surface area (Å²) in [6, 6.07) is 0. The van der Waals surface area contributed by atoms with Crippen LogP contribution in [-0.4, -0.2) is 21.7 Å². The largest absolute Gasteiger partial charge is 0.276 e. The predicted molar refractivity (Wildman–Crippen MR) is 93.6 cm³/mol. The van der Waals surface area contributed by atoms with Crippen molar-refractivity contribution in [2.45, 2.75) is 83.1 Å². The molecule has 0 atom stereocenters. The second-order valence-electron chi connectivity index (χ2n) is 7.81. The first-order valence-electron chi connectivity index (χ1n) is 9.47. The number of carbonyl (C=O) groups excluding carboxylic acids is 2. The molecule has 0 radical (unpaired) electrons. The minimum Gasteiger partial charge on any atom is -0.276 e. The third-order valence-corrected chi connectivity index (χ3v) is 7.20. The number of rotatable bonds is 3. The van der Waals surface area contributed by atoms with Crippen molar-refractivity contribution in [1.29, 1.82) is 0 Å². The van der Waals surface area contributed by atoms with Gasteiger partial charge in [0.1, 0.15) is 0 Å². The second-order valence-corrected chi connectivity index (χ2v) is 8.70. The summed E-state index contributed by atoms with van der Waals surface area (Å²) in [5.41, 5.74) is 0.521. The summed E-state index contributed by atoms with van der Waals surface area (Å²) < 4.78 is 0. The van der Waals surface area contributed by atoms with Crippen molar-refractivity contribution in [2.75, 3.05) is 0 Å². The highest BCUT2D eigenvalue weighted by Gasteiger charge is 2.51. The molecule has 0 N–H and O–H groups in total. The third kappa shape index (κ3) is 2.92. The Balaban J connectivity index is 1.46. The zero-order chi connectivity index (χ0) is 16.6. The van der Waals surface area contributed by atoms with E-state index < -0.39 is 0 Å². The fraction of sp³-hybridized carbons (Fsp3) is 0.737. The van der Waals surface area contributed by atoms with Crippen LogP contribution < -0.4 is 0 Å². The molecule has 5 heteroatoms. The molecule has 0 unspecified atom stereocenters. The monoisotopic (exact) mass is 346 g/mol. The van der Waals surface area contributed by atoms with Crippen LogP contribution in [0.4, 0.5) is 0 Å². The van der Waals surface area contributed by atoms with Crippen LogP contribution in [0.25, 0.3) is 0 Å². The zero-order valence-electron chi connectivity index (χ0n) is 14.3. The highest BCUT2D eigenvalue weighted by Crippen LogP contribution is 2.45. The summed E-state index contributed by atoms with van der Waals surface area (Å²) in [5, 5.41) is 3.26. The van der Waals surface area contributed by atoms with E-state index in [9.17, 15) is 9.59 Å². The van der Waals surface area contributed by atoms with Gasteiger partial charge in [0.15, 0.2) is 0 Å².